The maximum atomic E-state index is 11.7. The molecule has 0 bridgehead atoms. The molecule has 108 valence electrons. The molecule has 0 fully saturated rings. The van der Waals surface area contributed by atoms with Gasteiger partial charge in [0.05, 0.1) is 5.75 Å². The highest BCUT2D eigenvalue weighted by molar-refractivity contribution is 7.89. The summed E-state index contributed by atoms with van der Waals surface area (Å²) in [6.07, 6.45) is 0.631. The van der Waals surface area contributed by atoms with Gasteiger partial charge in [-0.2, -0.15) is 0 Å². The minimum Gasteiger partial charge on any atom is -0.301 e. The average molecular weight is 284 g/mol. The molecule has 0 unspecified atom stereocenters. The molecule has 1 aromatic carbocycles. The predicted octanol–water partition coefficient (Wildman–Crippen LogP) is 1.93. The van der Waals surface area contributed by atoms with Crippen molar-refractivity contribution < 1.29 is 8.42 Å². The van der Waals surface area contributed by atoms with Crippen molar-refractivity contribution in [3.05, 3.63) is 35.4 Å². The van der Waals surface area contributed by atoms with Crippen molar-refractivity contribution in [3.63, 3.8) is 0 Å². The van der Waals surface area contributed by atoms with Crippen LogP contribution in [0.25, 0.3) is 0 Å². The van der Waals surface area contributed by atoms with Crippen LogP contribution < -0.4 is 4.72 Å². The van der Waals surface area contributed by atoms with E-state index >= 15 is 0 Å². The van der Waals surface area contributed by atoms with Gasteiger partial charge in [-0.25, -0.2) is 13.1 Å². The third-order valence-corrected chi connectivity index (χ3v) is 4.61. The first-order valence-electron chi connectivity index (χ1n) is 6.56. The van der Waals surface area contributed by atoms with Gasteiger partial charge in [0.25, 0.3) is 0 Å². The van der Waals surface area contributed by atoms with Crippen LogP contribution in [0, 0.1) is 6.92 Å². The van der Waals surface area contributed by atoms with Crippen molar-refractivity contribution in [1.29, 1.82) is 0 Å². The number of likely N-dealkylation sites (N-methyl/N-ethyl adjacent to an activating group) is 1. The number of aryl methyl sites for hydroxylation is 1. The zero-order valence-electron chi connectivity index (χ0n) is 12.2. The van der Waals surface area contributed by atoms with Crippen molar-refractivity contribution in [2.75, 3.05) is 26.4 Å². The van der Waals surface area contributed by atoms with E-state index in [4.69, 9.17) is 0 Å². The lowest BCUT2D eigenvalue weighted by atomic mass is 10.0. The van der Waals surface area contributed by atoms with Crippen molar-refractivity contribution in [1.82, 2.24) is 9.62 Å². The van der Waals surface area contributed by atoms with Crippen LogP contribution in [0.5, 0.6) is 0 Å². The molecule has 1 rings (SSSR count). The van der Waals surface area contributed by atoms with Crippen LogP contribution in [0.15, 0.2) is 24.3 Å². The molecule has 0 radical (unpaired) electrons. The zero-order chi connectivity index (χ0) is 14.5. The van der Waals surface area contributed by atoms with Gasteiger partial charge in [0, 0.05) is 12.6 Å². The van der Waals surface area contributed by atoms with Crippen LogP contribution in [-0.4, -0.2) is 39.7 Å². The van der Waals surface area contributed by atoms with Crippen LogP contribution in [0.1, 0.15) is 30.5 Å². The lowest BCUT2D eigenvalue weighted by molar-refractivity contribution is 0.299. The molecule has 0 aromatic heterocycles. The second-order valence-corrected chi connectivity index (χ2v) is 6.98. The van der Waals surface area contributed by atoms with Gasteiger partial charge in [0.2, 0.25) is 10.0 Å². The van der Waals surface area contributed by atoms with E-state index in [1.165, 1.54) is 5.56 Å². The first-order valence-corrected chi connectivity index (χ1v) is 8.21. The lowest BCUT2D eigenvalue weighted by Crippen LogP contribution is -2.35. The number of hydrogen-bond donors (Lipinski definition) is 1. The van der Waals surface area contributed by atoms with Crippen LogP contribution in [0.4, 0.5) is 0 Å². The fourth-order valence-corrected chi connectivity index (χ4v) is 3.03. The maximum Gasteiger partial charge on any atom is 0.211 e. The summed E-state index contributed by atoms with van der Waals surface area (Å²) in [6.45, 7) is 4.30. The molecule has 4 nitrogen and oxygen atoms in total. The second kappa shape index (κ2) is 7.03. The average Bonchev–Trinajstić information content (AvgIpc) is 2.31. The predicted molar refractivity (Wildman–Crippen MR) is 79.7 cm³/mol. The molecule has 0 amide bonds. The second-order valence-electron chi connectivity index (χ2n) is 5.06. The van der Waals surface area contributed by atoms with E-state index in [2.05, 4.69) is 4.72 Å². The lowest BCUT2D eigenvalue weighted by Gasteiger charge is -2.25. The normalized spacial score (nSPS) is 13.7. The van der Waals surface area contributed by atoms with Crippen molar-refractivity contribution in [2.45, 2.75) is 26.3 Å². The first kappa shape index (κ1) is 16.1. The van der Waals surface area contributed by atoms with E-state index in [1.807, 2.05) is 57.1 Å². The summed E-state index contributed by atoms with van der Waals surface area (Å²) in [5.74, 6) is 0.182. The Morgan fingerprint density at radius 1 is 1.21 bits per heavy atom. The molecule has 1 atom stereocenters. The van der Waals surface area contributed by atoms with Gasteiger partial charge >= 0.3 is 0 Å². The van der Waals surface area contributed by atoms with Crippen LogP contribution in [0.3, 0.4) is 0 Å². The van der Waals surface area contributed by atoms with Gasteiger partial charge in [-0.3, -0.25) is 0 Å². The molecular formula is C14H24N2O2S. The highest BCUT2D eigenvalue weighted by Gasteiger charge is 2.17. The zero-order valence-corrected chi connectivity index (χ0v) is 13.0. The van der Waals surface area contributed by atoms with Crippen LogP contribution in [0.2, 0.25) is 0 Å². The van der Waals surface area contributed by atoms with E-state index in [9.17, 15) is 8.42 Å². The van der Waals surface area contributed by atoms with Crippen molar-refractivity contribution in [3.8, 4) is 0 Å². The molecule has 0 heterocycles. The van der Waals surface area contributed by atoms with E-state index in [-0.39, 0.29) is 11.8 Å². The van der Waals surface area contributed by atoms with Gasteiger partial charge in [0.15, 0.2) is 0 Å². The standard InChI is InChI=1S/C14H24N2O2S/c1-5-10-19(17,18)15-11-14(16(3)4)13-8-6-12(2)7-9-13/h6-9,14-15H,5,10-11H2,1-4H3/t14-/m1/s1. The molecule has 0 aliphatic carbocycles. The van der Waals surface area contributed by atoms with Crippen molar-refractivity contribution >= 4 is 10.0 Å². The third-order valence-electron chi connectivity index (χ3n) is 3.05. The molecule has 0 saturated carbocycles. The number of benzene rings is 1. The van der Waals surface area contributed by atoms with Gasteiger partial charge < -0.3 is 4.90 Å². The highest BCUT2D eigenvalue weighted by atomic mass is 32.2. The Morgan fingerprint density at radius 3 is 2.26 bits per heavy atom. The smallest absolute Gasteiger partial charge is 0.211 e. The molecule has 1 N–H and O–H groups in total. The van der Waals surface area contributed by atoms with E-state index in [0.717, 1.165) is 5.56 Å². The minimum absolute atomic E-state index is 0.0484. The van der Waals surface area contributed by atoms with E-state index < -0.39 is 10.0 Å². The van der Waals surface area contributed by atoms with Gasteiger partial charge in [0.1, 0.15) is 0 Å². The van der Waals surface area contributed by atoms with Gasteiger partial charge in [-0.1, -0.05) is 36.8 Å². The van der Waals surface area contributed by atoms with E-state index in [1.54, 1.807) is 0 Å². The summed E-state index contributed by atoms with van der Waals surface area (Å²) < 4.78 is 26.1. The largest absolute Gasteiger partial charge is 0.301 e. The summed E-state index contributed by atoms with van der Waals surface area (Å²) in [4.78, 5) is 2.03. The quantitative estimate of drug-likeness (QED) is 0.832. The molecule has 5 heteroatoms. The Bertz CT molecular complexity index is 481. The Morgan fingerprint density at radius 2 is 1.79 bits per heavy atom. The van der Waals surface area contributed by atoms with Gasteiger partial charge in [-0.05, 0) is 33.0 Å². The number of nitrogens with zero attached hydrogens (tertiary/aromatic N) is 1. The maximum absolute atomic E-state index is 11.7. The number of sulfonamides is 1. The Kier molecular flexibility index (Phi) is 5.97. The first-order chi connectivity index (χ1) is 8.85. The third kappa shape index (κ3) is 5.30. The molecule has 0 saturated heterocycles. The minimum atomic E-state index is -3.15. The van der Waals surface area contributed by atoms with Gasteiger partial charge in [-0.15, -0.1) is 0 Å². The topological polar surface area (TPSA) is 49.4 Å². The Hall–Kier alpha value is -0.910. The van der Waals surface area contributed by atoms with E-state index in [0.29, 0.717) is 13.0 Å². The Balaban J connectivity index is 2.77. The molecule has 19 heavy (non-hydrogen) atoms. The highest BCUT2D eigenvalue weighted by Crippen LogP contribution is 2.18. The molecule has 0 aliphatic rings. The summed E-state index contributed by atoms with van der Waals surface area (Å²) in [6, 6.07) is 8.24. The van der Waals surface area contributed by atoms with Crippen LogP contribution >= 0.6 is 0 Å². The summed E-state index contributed by atoms with van der Waals surface area (Å²) in [7, 11) is 0.761. The van der Waals surface area contributed by atoms with Crippen LogP contribution in [-0.2, 0) is 10.0 Å². The summed E-state index contributed by atoms with van der Waals surface area (Å²) >= 11 is 0. The SMILES string of the molecule is CCCS(=O)(=O)NC[C@H](c1ccc(C)cc1)N(C)C. The monoisotopic (exact) mass is 284 g/mol. The van der Waals surface area contributed by atoms with Crippen molar-refractivity contribution in [2.24, 2.45) is 0 Å². The molecule has 0 spiro atoms. The fraction of sp³-hybridized carbons (Fsp3) is 0.571. The number of rotatable bonds is 7. The molecule has 1 aromatic rings. The molecular weight excluding hydrogens is 260 g/mol. The Labute approximate surface area is 116 Å². The number of hydrogen-bond acceptors (Lipinski definition) is 3. The summed E-state index contributed by atoms with van der Waals surface area (Å²) in [5, 5.41) is 0. The molecule has 0 aliphatic heterocycles. The summed E-state index contributed by atoms with van der Waals surface area (Å²) in [5.41, 5.74) is 2.32. The number of nitrogens with one attached hydrogen (secondary N) is 1. The fourth-order valence-electron chi connectivity index (χ4n) is 1.93.